The Kier molecular flexibility index (Phi) is 6.02. The van der Waals surface area contributed by atoms with Gasteiger partial charge in [0.25, 0.3) is 5.71 Å². The maximum absolute atomic E-state index is 12.8. The highest BCUT2D eigenvalue weighted by Gasteiger charge is 2.38. The lowest BCUT2D eigenvalue weighted by molar-refractivity contribution is -0.128. The summed E-state index contributed by atoms with van der Waals surface area (Å²) < 4.78 is 20.6. The molecule has 0 saturated carbocycles. The second-order valence-electron chi connectivity index (χ2n) is 6.38. The summed E-state index contributed by atoms with van der Waals surface area (Å²) in [7, 11) is 0. The third-order valence-electron chi connectivity index (χ3n) is 4.00. The number of rotatable bonds is 8. The fraction of sp³-hybridized carbons (Fsp3) is 0.562. The van der Waals surface area contributed by atoms with E-state index in [4.69, 9.17) is 18.3 Å². The van der Waals surface area contributed by atoms with E-state index in [-0.39, 0.29) is 42.2 Å². The smallest absolute Gasteiger partial charge is 0.436 e. The van der Waals surface area contributed by atoms with Gasteiger partial charge >= 0.3 is 5.76 Å². The molecule has 1 aliphatic heterocycles. The molecule has 1 saturated heterocycles. The molecule has 1 fully saturated rings. The largest absolute Gasteiger partial charge is 0.442 e. The van der Waals surface area contributed by atoms with Crippen LogP contribution in [0, 0.1) is 0 Å². The zero-order chi connectivity index (χ0) is 20.3. The number of Topliss-reactive ketones (excluding diaryl/α,β-unsaturated/α-hetero) is 1. The lowest BCUT2D eigenvalue weighted by Gasteiger charge is -2.23. The second kappa shape index (κ2) is 8.46. The minimum atomic E-state index is -1.03. The minimum absolute atomic E-state index is 0.0513. The number of ether oxygens (including phenoxy) is 2. The highest BCUT2D eigenvalue weighted by molar-refractivity contribution is 5.94. The minimum Gasteiger partial charge on any atom is -0.436 e. The molecule has 28 heavy (non-hydrogen) atoms. The van der Waals surface area contributed by atoms with E-state index in [9.17, 15) is 19.5 Å². The van der Waals surface area contributed by atoms with Crippen molar-refractivity contribution < 1.29 is 33.0 Å². The molecule has 1 aliphatic rings. The van der Waals surface area contributed by atoms with Gasteiger partial charge in [-0.15, -0.1) is 0 Å². The van der Waals surface area contributed by atoms with Gasteiger partial charge in [0.2, 0.25) is 11.5 Å². The number of hydrogen-bond donors (Lipinski definition) is 3. The van der Waals surface area contributed by atoms with Crippen LogP contribution in [-0.2, 0) is 19.1 Å². The van der Waals surface area contributed by atoms with Gasteiger partial charge in [-0.3, -0.25) is 9.59 Å². The van der Waals surface area contributed by atoms with Crippen molar-refractivity contribution in [3.63, 3.8) is 0 Å². The number of aliphatic hydroxyl groups excluding tert-OH is 1. The Labute approximate surface area is 158 Å². The molecule has 3 atom stereocenters. The fourth-order valence-electron chi connectivity index (χ4n) is 2.62. The molecule has 0 aromatic carbocycles. The van der Waals surface area contributed by atoms with Crippen LogP contribution in [0.1, 0.15) is 13.8 Å². The van der Waals surface area contributed by atoms with Gasteiger partial charge in [0.05, 0.1) is 19.3 Å². The lowest BCUT2D eigenvalue weighted by atomic mass is 10.1. The molecule has 3 unspecified atom stereocenters. The van der Waals surface area contributed by atoms with Crippen molar-refractivity contribution in [1.82, 2.24) is 15.3 Å². The zero-order valence-electron chi connectivity index (χ0n) is 15.2. The maximum atomic E-state index is 12.8. The van der Waals surface area contributed by atoms with E-state index in [2.05, 4.69) is 20.6 Å². The van der Waals surface area contributed by atoms with Gasteiger partial charge in [-0.25, -0.2) is 4.79 Å². The molecule has 1 amide bonds. The third-order valence-corrected chi connectivity index (χ3v) is 4.00. The first-order valence-electron chi connectivity index (χ1n) is 8.57. The van der Waals surface area contributed by atoms with Gasteiger partial charge in [-0.2, -0.15) is 9.97 Å². The third kappa shape index (κ3) is 4.35. The second-order valence-corrected chi connectivity index (χ2v) is 6.38. The molecule has 12 heteroatoms. The number of hydrogen-bond acceptors (Lipinski definition) is 11. The predicted octanol–water partition coefficient (Wildman–Crippen LogP) is -1.17. The number of nitrogens with zero attached hydrogens (tertiary/aromatic N) is 2. The molecule has 3 rings (SSSR count). The Morgan fingerprint density at radius 3 is 2.93 bits per heavy atom. The van der Waals surface area contributed by atoms with Crippen LogP contribution >= 0.6 is 0 Å². The quantitative estimate of drug-likeness (QED) is 0.492. The van der Waals surface area contributed by atoms with E-state index in [1.165, 1.54) is 0 Å². The van der Waals surface area contributed by atoms with Crippen LogP contribution in [0.25, 0.3) is 11.3 Å². The molecule has 0 aliphatic carbocycles. The van der Waals surface area contributed by atoms with E-state index in [0.717, 1.165) is 6.39 Å². The number of anilines is 1. The number of aromatic nitrogens is 2. The van der Waals surface area contributed by atoms with Gasteiger partial charge in [-0.1, -0.05) is 0 Å². The Morgan fingerprint density at radius 2 is 2.21 bits per heavy atom. The molecule has 3 N–H and O–H groups in total. The number of carbonyl (C=O) groups is 2. The van der Waals surface area contributed by atoms with Crippen LogP contribution in [0.3, 0.4) is 0 Å². The van der Waals surface area contributed by atoms with Crippen molar-refractivity contribution in [2.45, 2.75) is 38.1 Å². The van der Waals surface area contributed by atoms with Gasteiger partial charge in [0.1, 0.15) is 24.8 Å². The first-order chi connectivity index (χ1) is 13.4. The summed E-state index contributed by atoms with van der Waals surface area (Å²) in [5, 5.41) is 14.6. The van der Waals surface area contributed by atoms with Crippen LogP contribution < -0.4 is 16.4 Å². The van der Waals surface area contributed by atoms with Crippen molar-refractivity contribution in [2.75, 3.05) is 25.1 Å². The van der Waals surface area contributed by atoms with E-state index in [0.29, 0.717) is 0 Å². The summed E-state index contributed by atoms with van der Waals surface area (Å²) in [6.07, 6.45) is 0.0596. The van der Waals surface area contributed by atoms with E-state index < -0.39 is 36.5 Å². The lowest BCUT2D eigenvalue weighted by Crippen LogP contribution is -2.52. The number of nitrogens with one attached hydrogen (secondary N) is 2. The van der Waals surface area contributed by atoms with Crippen molar-refractivity contribution in [2.24, 2.45) is 0 Å². The topological polar surface area (TPSA) is 166 Å². The first-order valence-corrected chi connectivity index (χ1v) is 8.57. The van der Waals surface area contributed by atoms with Crippen LogP contribution in [0.15, 0.2) is 20.0 Å². The zero-order valence-corrected chi connectivity index (χ0v) is 15.2. The molecule has 3 heterocycles. The normalized spacial score (nSPS) is 20.6. The molecular formula is C16H20N4O8. The summed E-state index contributed by atoms with van der Waals surface area (Å²) in [5.74, 6) is -1.94. The summed E-state index contributed by atoms with van der Waals surface area (Å²) >= 11 is 0. The number of aliphatic hydroxyl groups is 1. The SMILES string of the molecule is CC(C)OCC(Nc1nc(=O)oc2ncoc12)C(=O)NC1C(=O)COC1CO. The van der Waals surface area contributed by atoms with Gasteiger partial charge in [-0.05, 0) is 13.8 Å². The number of oxazole rings is 1. The Hall–Kier alpha value is -2.83. The summed E-state index contributed by atoms with van der Waals surface area (Å²) in [6.45, 7) is 2.87. The average molecular weight is 396 g/mol. The summed E-state index contributed by atoms with van der Waals surface area (Å²) in [4.78, 5) is 43.7. The molecule has 2 aromatic rings. The van der Waals surface area contributed by atoms with E-state index in [1.807, 2.05) is 0 Å². The van der Waals surface area contributed by atoms with Crippen LogP contribution in [0.2, 0.25) is 0 Å². The van der Waals surface area contributed by atoms with Gasteiger partial charge < -0.3 is 34.0 Å². The molecule has 2 aromatic heterocycles. The van der Waals surface area contributed by atoms with E-state index >= 15 is 0 Å². The van der Waals surface area contributed by atoms with Crippen LogP contribution in [-0.4, -0.2) is 70.9 Å². The molecule has 12 nitrogen and oxygen atoms in total. The first kappa shape index (κ1) is 19.9. The van der Waals surface area contributed by atoms with Gasteiger partial charge in [0.15, 0.2) is 18.0 Å². The molecule has 0 spiro atoms. The molecular weight excluding hydrogens is 376 g/mol. The molecule has 0 radical (unpaired) electrons. The van der Waals surface area contributed by atoms with Crippen molar-refractivity contribution in [1.29, 1.82) is 0 Å². The highest BCUT2D eigenvalue weighted by Crippen LogP contribution is 2.19. The monoisotopic (exact) mass is 396 g/mol. The molecule has 152 valence electrons. The summed E-state index contributed by atoms with van der Waals surface area (Å²) in [6, 6.07) is -2.02. The van der Waals surface area contributed by atoms with Crippen LogP contribution in [0.4, 0.5) is 5.82 Å². The Bertz CT molecular complexity index is 907. The average Bonchev–Trinajstić information content (AvgIpc) is 3.25. The maximum Gasteiger partial charge on any atom is 0.442 e. The van der Waals surface area contributed by atoms with E-state index in [1.54, 1.807) is 13.8 Å². The number of fused-ring (bicyclic) bond motifs is 1. The highest BCUT2D eigenvalue weighted by atomic mass is 16.5. The standard InChI is InChI=1S/C16H20N4O8/c1-7(2)25-4-8(14(23)19-11-9(22)5-26-10(11)3-21)18-13-12-15(17-6-27-12)28-16(24)20-13/h6-8,10-11,21H,3-5H2,1-2H3,(H,19,23)(H,18,20,24). The van der Waals surface area contributed by atoms with Crippen molar-refractivity contribution in [3.05, 3.63) is 16.9 Å². The summed E-state index contributed by atoms with van der Waals surface area (Å²) in [5.41, 5.74) is -0.0263. The van der Waals surface area contributed by atoms with Crippen molar-refractivity contribution >= 4 is 28.8 Å². The number of amides is 1. The predicted molar refractivity (Wildman–Crippen MR) is 92.6 cm³/mol. The van der Waals surface area contributed by atoms with Crippen LogP contribution in [0.5, 0.6) is 0 Å². The number of ketones is 1. The Morgan fingerprint density at radius 1 is 1.43 bits per heavy atom. The number of carbonyl (C=O) groups excluding carboxylic acids is 2. The van der Waals surface area contributed by atoms with Crippen molar-refractivity contribution in [3.8, 4) is 0 Å². The Balaban J connectivity index is 1.81. The van der Waals surface area contributed by atoms with Gasteiger partial charge in [0, 0.05) is 0 Å². The molecule has 0 bridgehead atoms. The fourth-order valence-corrected chi connectivity index (χ4v) is 2.62.